The van der Waals surface area contributed by atoms with E-state index >= 15 is 0 Å². The number of nitrogens with zero attached hydrogens (tertiary/aromatic N) is 2. The van der Waals surface area contributed by atoms with Gasteiger partial charge in [-0.2, -0.15) is 0 Å². The van der Waals surface area contributed by atoms with Crippen molar-refractivity contribution in [3.05, 3.63) is 88.0 Å². The minimum absolute atomic E-state index is 0.109. The second-order valence-electron chi connectivity index (χ2n) is 8.08. The molecule has 1 unspecified atom stereocenters. The van der Waals surface area contributed by atoms with Crippen LogP contribution in [0.1, 0.15) is 22.8 Å². The Balaban J connectivity index is 1.50. The fourth-order valence-electron chi connectivity index (χ4n) is 3.99. The number of benzene rings is 3. The first-order chi connectivity index (χ1) is 17.1. The summed E-state index contributed by atoms with van der Waals surface area (Å²) in [5.74, 6) is -2.05. The van der Waals surface area contributed by atoms with Crippen LogP contribution in [0.4, 0.5) is 17.1 Å². The Kier molecular flexibility index (Phi) is 6.62. The van der Waals surface area contributed by atoms with Crippen LogP contribution in [-0.4, -0.2) is 43.0 Å². The molecule has 0 spiro atoms. The number of fused-ring (bicyclic) bond motifs is 1. The molecule has 1 atom stereocenters. The van der Waals surface area contributed by atoms with Gasteiger partial charge in [0, 0.05) is 17.8 Å². The van der Waals surface area contributed by atoms with Crippen molar-refractivity contribution in [2.75, 3.05) is 16.2 Å². The number of ether oxygens (including phenoxy) is 1. The van der Waals surface area contributed by atoms with Crippen molar-refractivity contribution >= 4 is 39.0 Å². The zero-order valence-electron chi connectivity index (χ0n) is 19.0. The molecule has 12 heteroatoms. The molecule has 11 nitrogen and oxygen atoms in total. The topological polar surface area (TPSA) is 156 Å². The van der Waals surface area contributed by atoms with Crippen LogP contribution in [0.25, 0.3) is 0 Å². The monoisotopic (exact) mass is 511 g/mol. The molecule has 0 aliphatic carbocycles. The maximum absolute atomic E-state index is 12.8. The van der Waals surface area contributed by atoms with Gasteiger partial charge in [-0.05, 0) is 49.2 Å². The number of amides is 1. The Hall–Kier alpha value is -4.45. The van der Waals surface area contributed by atoms with E-state index in [1.807, 2.05) is 31.2 Å². The number of carbonyl (C=O) groups excluding carboxylic acids is 2. The second-order valence-corrected chi connectivity index (χ2v) is 9.76. The van der Waals surface area contributed by atoms with Gasteiger partial charge in [0.05, 0.1) is 21.1 Å². The Morgan fingerprint density at radius 2 is 1.83 bits per heavy atom. The Morgan fingerprint density at radius 3 is 2.58 bits per heavy atom. The number of aromatic hydroxyl groups is 1. The van der Waals surface area contributed by atoms with E-state index in [9.17, 15) is 33.2 Å². The minimum atomic E-state index is -4.38. The Bertz CT molecular complexity index is 1470. The molecule has 1 aliphatic heterocycles. The third-order valence-corrected chi connectivity index (χ3v) is 7.01. The lowest BCUT2D eigenvalue weighted by molar-refractivity contribution is -0.386. The second kappa shape index (κ2) is 9.66. The van der Waals surface area contributed by atoms with Crippen LogP contribution in [-0.2, 0) is 26.0 Å². The molecule has 0 saturated heterocycles. The van der Waals surface area contributed by atoms with E-state index < -0.39 is 49.8 Å². The van der Waals surface area contributed by atoms with Crippen LogP contribution in [0.15, 0.2) is 71.6 Å². The first-order valence-corrected chi connectivity index (χ1v) is 12.2. The number of hydrogen-bond donors (Lipinski definition) is 2. The molecule has 0 saturated carbocycles. The van der Waals surface area contributed by atoms with Gasteiger partial charge >= 0.3 is 11.7 Å². The number of rotatable bonds is 7. The summed E-state index contributed by atoms with van der Waals surface area (Å²) >= 11 is 0. The number of carbonyl (C=O) groups is 2. The predicted molar refractivity (Wildman–Crippen MR) is 129 cm³/mol. The van der Waals surface area contributed by atoms with Gasteiger partial charge in [0.1, 0.15) is 0 Å². The molecular weight excluding hydrogens is 490 g/mol. The summed E-state index contributed by atoms with van der Waals surface area (Å²) in [6, 6.07) is 15.5. The van der Waals surface area contributed by atoms with Crippen molar-refractivity contribution in [3.63, 3.8) is 0 Å². The number of phenolic OH excluding ortho intramolecular Hbond substituents is 1. The number of nitro groups is 1. The van der Waals surface area contributed by atoms with E-state index in [1.54, 1.807) is 4.90 Å². The maximum atomic E-state index is 12.8. The number of nitrogens with one attached hydrogen (secondary N) is 1. The van der Waals surface area contributed by atoms with E-state index in [1.165, 1.54) is 24.3 Å². The zero-order valence-corrected chi connectivity index (χ0v) is 19.8. The van der Waals surface area contributed by atoms with E-state index in [0.717, 1.165) is 23.4 Å². The molecule has 4 rings (SSSR count). The summed E-state index contributed by atoms with van der Waals surface area (Å²) in [5, 5.41) is 20.6. The van der Waals surface area contributed by atoms with Gasteiger partial charge in [0.15, 0.2) is 12.4 Å². The van der Waals surface area contributed by atoms with Gasteiger partial charge in [-0.1, -0.05) is 30.3 Å². The number of sulfonamides is 1. The number of hydrogen-bond acceptors (Lipinski definition) is 8. The van der Waals surface area contributed by atoms with E-state index in [0.29, 0.717) is 12.5 Å². The number of anilines is 2. The highest BCUT2D eigenvalue weighted by atomic mass is 32.2. The van der Waals surface area contributed by atoms with Crippen LogP contribution in [0, 0.1) is 10.1 Å². The van der Waals surface area contributed by atoms with Gasteiger partial charge in [0.2, 0.25) is 0 Å². The van der Waals surface area contributed by atoms with Crippen molar-refractivity contribution in [2.45, 2.75) is 24.3 Å². The first-order valence-electron chi connectivity index (χ1n) is 10.7. The lowest BCUT2D eigenvalue weighted by atomic mass is 10.1. The van der Waals surface area contributed by atoms with E-state index in [-0.39, 0.29) is 17.3 Å². The largest absolute Gasteiger partial charge is 0.502 e. The normalized spacial score (nSPS) is 14.7. The highest BCUT2D eigenvalue weighted by Crippen LogP contribution is 2.32. The fourth-order valence-corrected chi connectivity index (χ4v) is 5.09. The molecule has 3 aromatic carbocycles. The quantitative estimate of drug-likeness (QED) is 0.278. The van der Waals surface area contributed by atoms with Gasteiger partial charge < -0.3 is 14.7 Å². The molecule has 2 N–H and O–H groups in total. The lowest BCUT2D eigenvalue weighted by Gasteiger charge is -2.22. The molecule has 0 aromatic heterocycles. The summed E-state index contributed by atoms with van der Waals surface area (Å²) in [6.07, 6.45) is 0.676. The maximum Gasteiger partial charge on any atom is 0.340 e. The van der Waals surface area contributed by atoms with Gasteiger partial charge in [-0.25, -0.2) is 13.2 Å². The standard InChI is InChI=1S/C24H21N3O8S/c1-15-12-16-6-2-5-9-20(16)26(15)23(29)14-35-24(30)18-7-3-4-8-19(18)25-36(33,34)17-10-11-22(28)21(13-17)27(31)32/h2-11,13,15,25,28H,12,14H2,1H3. The summed E-state index contributed by atoms with van der Waals surface area (Å²) < 4.78 is 33.1. The summed E-state index contributed by atoms with van der Waals surface area (Å²) in [5.41, 5.74) is 0.672. The molecular formula is C24H21N3O8S. The van der Waals surface area contributed by atoms with Crippen molar-refractivity contribution in [3.8, 4) is 5.75 Å². The van der Waals surface area contributed by atoms with Crippen LogP contribution in [0.2, 0.25) is 0 Å². The fraction of sp³-hybridized carbons (Fsp3) is 0.167. The Morgan fingerprint density at radius 1 is 1.14 bits per heavy atom. The van der Waals surface area contributed by atoms with Crippen LogP contribution < -0.4 is 9.62 Å². The molecule has 0 fully saturated rings. The molecule has 36 heavy (non-hydrogen) atoms. The number of esters is 1. The highest BCUT2D eigenvalue weighted by molar-refractivity contribution is 7.92. The smallest absolute Gasteiger partial charge is 0.340 e. The van der Waals surface area contributed by atoms with Crippen LogP contribution in [0.5, 0.6) is 5.75 Å². The van der Waals surface area contributed by atoms with Crippen molar-refractivity contribution < 1.29 is 32.8 Å². The van der Waals surface area contributed by atoms with Crippen LogP contribution >= 0.6 is 0 Å². The highest BCUT2D eigenvalue weighted by Gasteiger charge is 2.31. The minimum Gasteiger partial charge on any atom is -0.502 e. The third-order valence-electron chi connectivity index (χ3n) is 5.65. The van der Waals surface area contributed by atoms with Gasteiger partial charge in [-0.15, -0.1) is 0 Å². The first kappa shape index (κ1) is 24.7. The average Bonchev–Trinajstić information content (AvgIpc) is 3.18. The molecule has 1 aliphatic rings. The van der Waals surface area contributed by atoms with Crippen molar-refractivity contribution in [1.29, 1.82) is 0 Å². The summed E-state index contributed by atoms with van der Waals surface area (Å²) in [4.78, 5) is 36.8. The third kappa shape index (κ3) is 4.84. The molecule has 0 radical (unpaired) electrons. The SMILES string of the molecule is CC1Cc2ccccc2N1C(=O)COC(=O)c1ccccc1NS(=O)(=O)c1ccc(O)c([N+](=O)[O-])c1. The van der Waals surface area contributed by atoms with Crippen molar-refractivity contribution in [2.24, 2.45) is 0 Å². The number of para-hydroxylation sites is 2. The van der Waals surface area contributed by atoms with E-state index in [4.69, 9.17) is 4.74 Å². The summed E-state index contributed by atoms with van der Waals surface area (Å²) in [6.45, 7) is 1.33. The van der Waals surface area contributed by atoms with Gasteiger partial charge in [-0.3, -0.25) is 19.6 Å². The molecule has 186 valence electrons. The zero-order chi connectivity index (χ0) is 26.0. The van der Waals surface area contributed by atoms with Crippen LogP contribution in [0.3, 0.4) is 0 Å². The summed E-state index contributed by atoms with van der Waals surface area (Å²) in [7, 11) is -4.38. The average molecular weight is 512 g/mol. The lowest BCUT2D eigenvalue weighted by Crippen LogP contribution is -2.38. The Labute approximate surface area is 206 Å². The molecule has 3 aromatic rings. The molecule has 1 amide bonds. The molecule has 1 heterocycles. The van der Waals surface area contributed by atoms with E-state index in [2.05, 4.69) is 4.72 Å². The van der Waals surface area contributed by atoms with Gasteiger partial charge in [0.25, 0.3) is 15.9 Å². The predicted octanol–water partition coefficient (Wildman–Crippen LogP) is 3.24. The molecule has 0 bridgehead atoms. The number of phenols is 1. The number of nitro benzene ring substituents is 1. The van der Waals surface area contributed by atoms with Crippen molar-refractivity contribution in [1.82, 2.24) is 0 Å².